The monoisotopic (exact) mass is 184 g/mol. The van der Waals surface area contributed by atoms with Gasteiger partial charge in [0.2, 0.25) is 0 Å². The third-order valence-corrected chi connectivity index (χ3v) is 2.83. The van der Waals surface area contributed by atoms with Crippen LogP contribution in [0.15, 0.2) is 0 Å². The van der Waals surface area contributed by atoms with E-state index in [9.17, 15) is 4.79 Å². The van der Waals surface area contributed by atoms with E-state index in [1.165, 1.54) is 12.8 Å². The lowest BCUT2D eigenvalue weighted by molar-refractivity contribution is -0.129. The van der Waals surface area contributed by atoms with E-state index in [-0.39, 0.29) is 12.0 Å². The zero-order valence-corrected chi connectivity index (χ0v) is 8.88. The van der Waals surface area contributed by atoms with Crippen LogP contribution in [0.3, 0.4) is 0 Å². The summed E-state index contributed by atoms with van der Waals surface area (Å²) in [6.45, 7) is 6.41. The summed E-state index contributed by atoms with van der Waals surface area (Å²) in [4.78, 5) is 11.6. The predicted octanol–water partition coefficient (Wildman–Crippen LogP) is 2.42. The van der Waals surface area contributed by atoms with Gasteiger partial charge in [-0.1, -0.05) is 13.3 Å². The minimum absolute atomic E-state index is 0.167. The highest BCUT2D eigenvalue weighted by Crippen LogP contribution is 2.31. The fourth-order valence-corrected chi connectivity index (χ4v) is 1.98. The van der Waals surface area contributed by atoms with E-state index in [1.54, 1.807) is 0 Å². The first-order valence-electron chi connectivity index (χ1n) is 5.25. The van der Waals surface area contributed by atoms with Crippen LogP contribution in [0.25, 0.3) is 0 Å². The van der Waals surface area contributed by atoms with Gasteiger partial charge < -0.3 is 4.74 Å². The number of hydrogen-bond donors (Lipinski definition) is 0. The Labute approximate surface area is 80.7 Å². The fourth-order valence-electron chi connectivity index (χ4n) is 1.98. The van der Waals surface area contributed by atoms with Crippen molar-refractivity contribution in [1.29, 1.82) is 0 Å². The van der Waals surface area contributed by atoms with Crippen LogP contribution in [-0.2, 0) is 9.53 Å². The lowest BCUT2D eigenvalue weighted by Gasteiger charge is -2.14. The molecule has 0 aliphatic heterocycles. The van der Waals surface area contributed by atoms with Gasteiger partial charge in [0.1, 0.15) is 6.61 Å². The molecule has 0 radical (unpaired) electrons. The molecule has 0 amide bonds. The molecule has 2 unspecified atom stereocenters. The molecule has 1 rings (SSSR count). The molecular weight excluding hydrogens is 164 g/mol. The maximum Gasteiger partial charge on any atom is 0.161 e. The first kappa shape index (κ1) is 10.7. The molecule has 0 bridgehead atoms. The second kappa shape index (κ2) is 4.75. The summed E-state index contributed by atoms with van der Waals surface area (Å²) in [6.07, 6.45) is 3.65. The van der Waals surface area contributed by atoms with Crippen molar-refractivity contribution in [3.05, 3.63) is 0 Å². The number of Topliss-reactive ketones (excluding diaryl/α,β-unsaturated/α-hetero) is 1. The molecule has 2 heteroatoms. The molecular formula is C11H20O2. The molecule has 0 aromatic rings. The lowest BCUT2D eigenvalue weighted by Crippen LogP contribution is -2.23. The van der Waals surface area contributed by atoms with Crippen LogP contribution < -0.4 is 0 Å². The van der Waals surface area contributed by atoms with Gasteiger partial charge in [0.05, 0.1) is 6.10 Å². The van der Waals surface area contributed by atoms with E-state index in [4.69, 9.17) is 4.74 Å². The molecule has 2 nitrogen and oxygen atoms in total. The molecule has 1 fully saturated rings. The maximum atomic E-state index is 11.6. The number of ketones is 1. The first-order chi connectivity index (χ1) is 6.11. The standard InChI is InChI=1S/C11H20O2/c1-8(2)13-7-11(12)10-6-4-5-9(10)3/h8-10H,4-7H2,1-3H3. The van der Waals surface area contributed by atoms with Gasteiger partial charge in [0, 0.05) is 5.92 Å². The van der Waals surface area contributed by atoms with Crippen molar-refractivity contribution < 1.29 is 9.53 Å². The molecule has 76 valence electrons. The lowest BCUT2D eigenvalue weighted by atomic mass is 9.94. The van der Waals surface area contributed by atoms with Gasteiger partial charge in [-0.05, 0) is 32.6 Å². The Morgan fingerprint density at radius 1 is 1.46 bits per heavy atom. The second-order valence-corrected chi connectivity index (χ2v) is 4.34. The van der Waals surface area contributed by atoms with Crippen molar-refractivity contribution >= 4 is 5.78 Å². The third kappa shape index (κ3) is 3.11. The van der Waals surface area contributed by atoms with E-state index in [0.29, 0.717) is 18.3 Å². The molecule has 1 aliphatic rings. The Bertz CT molecular complexity index is 175. The van der Waals surface area contributed by atoms with Gasteiger partial charge >= 0.3 is 0 Å². The SMILES string of the molecule is CC(C)OCC(=O)C1CCCC1C. The molecule has 0 heterocycles. The summed E-state index contributed by atoms with van der Waals surface area (Å²) < 4.78 is 5.31. The summed E-state index contributed by atoms with van der Waals surface area (Å²) in [5, 5.41) is 0. The van der Waals surface area contributed by atoms with Crippen molar-refractivity contribution in [2.45, 2.75) is 46.1 Å². The predicted molar refractivity (Wildman–Crippen MR) is 52.6 cm³/mol. The van der Waals surface area contributed by atoms with Crippen molar-refractivity contribution in [3.63, 3.8) is 0 Å². The molecule has 0 aromatic carbocycles. The number of ether oxygens (including phenoxy) is 1. The highest BCUT2D eigenvalue weighted by atomic mass is 16.5. The van der Waals surface area contributed by atoms with Gasteiger partial charge in [-0.15, -0.1) is 0 Å². The van der Waals surface area contributed by atoms with Crippen molar-refractivity contribution in [1.82, 2.24) is 0 Å². The van der Waals surface area contributed by atoms with Crippen LogP contribution in [0.5, 0.6) is 0 Å². The Balaban J connectivity index is 2.30. The average molecular weight is 184 g/mol. The van der Waals surface area contributed by atoms with E-state index < -0.39 is 0 Å². The quantitative estimate of drug-likeness (QED) is 0.670. The summed E-state index contributed by atoms with van der Waals surface area (Å²) in [6, 6.07) is 0. The van der Waals surface area contributed by atoms with Gasteiger partial charge in [-0.25, -0.2) is 0 Å². The number of rotatable bonds is 4. The fraction of sp³-hybridized carbons (Fsp3) is 0.909. The van der Waals surface area contributed by atoms with Crippen LogP contribution in [0.2, 0.25) is 0 Å². The summed E-state index contributed by atoms with van der Waals surface area (Å²) in [7, 11) is 0. The summed E-state index contributed by atoms with van der Waals surface area (Å²) >= 11 is 0. The Morgan fingerprint density at radius 2 is 2.15 bits per heavy atom. The first-order valence-corrected chi connectivity index (χ1v) is 5.25. The Hall–Kier alpha value is -0.370. The van der Waals surface area contributed by atoms with Gasteiger partial charge in [0.25, 0.3) is 0 Å². The van der Waals surface area contributed by atoms with Gasteiger partial charge in [-0.2, -0.15) is 0 Å². The zero-order chi connectivity index (χ0) is 9.84. The molecule has 0 spiro atoms. The summed E-state index contributed by atoms with van der Waals surface area (Å²) in [5.74, 6) is 1.15. The number of carbonyl (C=O) groups is 1. The van der Waals surface area contributed by atoms with E-state index in [1.807, 2.05) is 13.8 Å². The molecule has 0 aromatic heterocycles. The van der Waals surface area contributed by atoms with E-state index in [0.717, 1.165) is 6.42 Å². The van der Waals surface area contributed by atoms with Crippen LogP contribution in [0.1, 0.15) is 40.0 Å². The van der Waals surface area contributed by atoms with E-state index >= 15 is 0 Å². The van der Waals surface area contributed by atoms with Gasteiger partial charge in [0.15, 0.2) is 5.78 Å². The largest absolute Gasteiger partial charge is 0.371 e. The maximum absolute atomic E-state index is 11.6. The molecule has 0 N–H and O–H groups in total. The average Bonchev–Trinajstić information content (AvgIpc) is 2.47. The molecule has 1 saturated carbocycles. The van der Waals surface area contributed by atoms with Crippen LogP contribution >= 0.6 is 0 Å². The highest BCUT2D eigenvalue weighted by Gasteiger charge is 2.29. The van der Waals surface area contributed by atoms with Crippen LogP contribution in [0.4, 0.5) is 0 Å². The zero-order valence-electron chi connectivity index (χ0n) is 8.88. The topological polar surface area (TPSA) is 26.3 Å². The van der Waals surface area contributed by atoms with Crippen LogP contribution in [0, 0.1) is 11.8 Å². The minimum atomic E-state index is 0.167. The second-order valence-electron chi connectivity index (χ2n) is 4.34. The Kier molecular flexibility index (Phi) is 3.91. The Morgan fingerprint density at radius 3 is 2.62 bits per heavy atom. The van der Waals surface area contributed by atoms with Crippen LogP contribution in [-0.4, -0.2) is 18.5 Å². The summed E-state index contributed by atoms with van der Waals surface area (Å²) in [5.41, 5.74) is 0. The van der Waals surface area contributed by atoms with Gasteiger partial charge in [-0.3, -0.25) is 4.79 Å². The molecule has 13 heavy (non-hydrogen) atoms. The molecule has 0 saturated heterocycles. The van der Waals surface area contributed by atoms with Crippen molar-refractivity contribution in [3.8, 4) is 0 Å². The third-order valence-electron chi connectivity index (χ3n) is 2.83. The van der Waals surface area contributed by atoms with Crippen molar-refractivity contribution in [2.75, 3.05) is 6.61 Å². The molecule has 1 aliphatic carbocycles. The smallest absolute Gasteiger partial charge is 0.161 e. The normalized spacial score (nSPS) is 28.3. The van der Waals surface area contributed by atoms with E-state index in [2.05, 4.69) is 6.92 Å². The number of carbonyl (C=O) groups excluding carboxylic acids is 1. The number of hydrogen-bond acceptors (Lipinski definition) is 2. The van der Waals surface area contributed by atoms with Crippen molar-refractivity contribution in [2.24, 2.45) is 11.8 Å². The molecule has 2 atom stereocenters. The minimum Gasteiger partial charge on any atom is -0.371 e. The highest BCUT2D eigenvalue weighted by molar-refractivity contribution is 5.82.